The van der Waals surface area contributed by atoms with E-state index in [1.54, 1.807) is 9.80 Å². The summed E-state index contributed by atoms with van der Waals surface area (Å²) in [4.78, 5) is 26.7. The zero-order chi connectivity index (χ0) is 16.0. The first-order valence-corrected chi connectivity index (χ1v) is 8.58. The SMILES string of the molecule is COCCN(CC(=O)N1CCN(C(C)=O)CC1)S(C)(=O)=O. The molecule has 0 aromatic rings. The van der Waals surface area contributed by atoms with Gasteiger partial charge in [0.05, 0.1) is 19.4 Å². The molecule has 0 aromatic carbocycles. The zero-order valence-corrected chi connectivity index (χ0v) is 13.6. The lowest BCUT2D eigenvalue weighted by Crippen LogP contribution is -2.52. The molecule has 9 heteroatoms. The average Bonchev–Trinajstić information content (AvgIpc) is 2.42. The summed E-state index contributed by atoms with van der Waals surface area (Å²) in [5.74, 6) is -0.264. The normalized spacial score (nSPS) is 16.4. The molecule has 1 heterocycles. The van der Waals surface area contributed by atoms with Gasteiger partial charge in [-0.25, -0.2) is 8.42 Å². The first-order chi connectivity index (χ1) is 9.75. The van der Waals surface area contributed by atoms with Gasteiger partial charge in [-0.2, -0.15) is 4.31 Å². The van der Waals surface area contributed by atoms with E-state index in [-0.39, 0.29) is 31.5 Å². The monoisotopic (exact) mass is 321 g/mol. The van der Waals surface area contributed by atoms with E-state index in [1.165, 1.54) is 14.0 Å². The van der Waals surface area contributed by atoms with Crippen molar-refractivity contribution in [2.24, 2.45) is 0 Å². The molecule has 0 aliphatic carbocycles. The average molecular weight is 321 g/mol. The van der Waals surface area contributed by atoms with Gasteiger partial charge >= 0.3 is 0 Å². The summed E-state index contributed by atoms with van der Waals surface area (Å²) in [6, 6.07) is 0. The molecule has 0 bridgehead atoms. The van der Waals surface area contributed by atoms with Crippen LogP contribution in [-0.4, -0.2) is 93.6 Å². The molecule has 0 spiro atoms. The maximum Gasteiger partial charge on any atom is 0.238 e. The van der Waals surface area contributed by atoms with E-state index in [1.807, 2.05) is 0 Å². The van der Waals surface area contributed by atoms with Crippen molar-refractivity contribution in [3.63, 3.8) is 0 Å². The first kappa shape index (κ1) is 17.9. The summed E-state index contributed by atoms with van der Waals surface area (Å²) < 4.78 is 29.3. The summed E-state index contributed by atoms with van der Waals surface area (Å²) in [7, 11) is -1.98. The van der Waals surface area contributed by atoms with Crippen molar-refractivity contribution in [3.8, 4) is 0 Å². The third-order valence-corrected chi connectivity index (χ3v) is 4.65. The van der Waals surface area contributed by atoms with Crippen molar-refractivity contribution >= 4 is 21.8 Å². The van der Waals surface area contributed by atoms with Crippen LogP contribution >= 0.6 is 0 Å². The number of carbonyl (C=O) groups is 2. The topological polar surface area (TPSA) is 87.2 Å². The summed E-state index contributed by atoms with van der Waals surface area (Å²) in [6.45, 7) is 3.51. The number of piperazine rings is 1. The van der Waals surface area contributed by atoms with Crippen LogP contribution in [0.1, 0.15) is 6.92 Å². The molecule has 0 aromatic heterocycles. The highest BCUT2D eigenvalue weighted by molar-refractivity contribution is 7.88. The highest BCUT2D eigenvalue weighted by Crippen LogP contribution is 2.05. The number of nitrogens with zero attached hydrogens (tertiary/aromatic N) is 3. The van der Waals surface area contributed by atoms with Gasteiger partial charge in [0.1, 0.15) is 0 Å². The Bertz CT molecular complexity index is 471. The van der Waals surface area contributed by atoms with Gasteiger partial charge in [-0.3, -0.25) is 9.59 Å². The Kier molecular flexibility index (Phi) is 6.56. The zero-order valence-electron chi connectivity index (χ0n) is 12.7. The number of methoxy groups -OCH3 is 1. The molecule has 0 atom stereocenters. The highest BCUT2D eigenvalue weighted by atomic mass is 32.2. The van der Waals surface area contributed by atoms with Crippen LogP contribution in [0.25, 0.3) is 0 Å². The lowest BCUT2D eigenvalue weighted by atomic mass is 10.3. The molecule has 1 aliphatic heterocycles. The van der Waals surface area contributed by atoms with Gasteiger partial charge in [0.2, 0.25) is 21.8 Å². The summed E-state index contributed by atoms with van der Waals surface area (Å²) >= 11 is 0. The quantitative estimate of drug-likeness (QED) is 0.599. The minimum atomic E-state index is -3.45. The third kappa shape index (κ3) is 5.60. The van der Waals surface area contributed by atoms with E-state index in [2.05, 4.69) is 0 Å². The van der Waals surface area contributed by atoms with Crippen molar-refractivity contribution in [3.05, 3.63) is 0 Å². The van der Waals surface area contributed by atoms with E-state index < -0.39 is 10.0 Å². The lowest BCUT2D eigenvalue weighted by Gasteiger charge is -2.35. The van der Waals surface area contributed by atoms with Crippen molar-refractivity contribution in [2.75, 3.05) is 59.2 Å². The molecular formula is C12H23N3O5S. The molecule has 0 saturated carbocycles. The molecule has 1 rings (SSSR count). The fourth-order valence-corrected chi connectivity index (χ4v) is 2.83. The van der Waals surface area contributed by atoms with E-state index in [9.17, 15) is 18.0 Å². The molecular weight excluding hydrogens is 298 g/mol. The first-order valence-electron chi connectivity index (χ1n) is 6.73. The fourth-order valence-electron chi connectivity index (χ4n) is 2.08. The van der Waals surface area contributed by atoms with Crippen LogP contribution in [0.4, 0.5) is 0 Å². The van der Waals surface area contributed by atoms with Crippen molar-refractivity contribution in [2.45, 2.75) is 6.92 Å². The Morgan fingerprint density at radius 2 is 1.67 bits per heavy atom. The van der Waals surface area contributed by atoms with Crippen LogP contribution in [0, 0.1) is 0 Å². The molecule has 122 valence electrons. The second-order valence-electron chi connectivity index (χ2n) is 4.98. The summed E-state index contributed by atoms with van der Waals surface area (Å²) in [6.07, 6.45) is 1.07. The molecule has 21 heavy (non-hydrogen) atoms. The third-order valence-electron chi connectivity index (χ3n) is 3.40. The van der Waals surface area contributed by atoms with Gasteiger partial charge in [-0.15, -0.1) is 0 Å². The largest absolute Gasteiger partial charge is 0.383 e. The fraction of sp³-hybridized carbons (Fsp3) is 0.833. The van der Waals surface area contributed by atoms with E-state index in [0.29, 0.717) is 26.2 Å². The minimum Gasteiger partial charge on any atom is -0.383 e. The number of amides is 2. The predicted molar refractivity (Wildman–Crippen MR) is 77.1 cm³/mol. The summed E-state index contributed by atoms with van der Waals surface area (Å²) in [5.41, 5.74) is 0. The Morgan fingerprint density at radius 1 is 1.14 bits per heavy atom. The van der Waals surface area contributed by atoms with E-state index in [0.717, 1.165) is 10.6 Å². The second-order valence-corrected chi connectivity index (χ2v) is 6.96. The van der Waals surface area contributed by atoms with E-state index in [4.69, 9.17) is 4.74 Å². The van der Waals surface area contributed by atoms with Crippen LogP contribution in [0.5, 0.6) is 0 Å². The number of rotatable bonds is 6. The molecule has 8 nitrogen and oxygen atoms in total. The Hall–Kier alpha value is -1.19. The van der Waals surface area contributed by atoms with Crippen molar-refractivity contribution in [1.29, 1.82) is 0 Å². The molecule has 1 fully saturated rings. The van der Waals surface area contributed by atoms with Crippen LogP contribution in [-0.2, 0) is 24.3 Å². The van der Waals surface area contributed by atoms with Gasteiger partial charge in [0.15, 0.2) is 0 Å². The van der Waals surface area contributed by atoms with Crippen molar-refractivity contribution in [1.82, 2.24) is 14.1 Å². The van der Waals surface area contributed by atoms with Gasteiger partial charge < -0.3 is 14.5 Å². The van der Waals surface area contributed by atoms with Gasteiger partial charge in [-0.1, -0.05) is 0 Å². The van der Waals surface area contributed by atoms with Gasteiger partial charge in [0, 0.05) is 46.8 Å². The standard InChI is InChI=1S/C12H23N3O5S/c1-11(16)13-4-6-14(7-5-13)12(17)10-15(8-9-20-2)21(3,18)19/h4-10H2,1-3H3. The minimum absolute atomic E-state index is 0.0139. The van der Waals surface area contributed by atoms with Crippen LogP contribution in [0.2, 0.25) is 0 Å². The van der Waals surface area contributed by atoms with Crippen LogP contribution in [0.15, 0.2) is 0 Å². The molecule has 1 saturated heterocycles. The molecule has 0 unspecified atom stereocenters. The Balaban J connectivity index is 2.56. The lowest BCUT2D eigenvalue weighted by molar-refractivity contribution is -0.138. The molecule has 0 N–H and O–H groups in total. The maximum atomic E-state index is 12.2. The summed E-state index contributed by atoms with van der Waals surface area (Å²) in [5, 5.41) is 0. The van der Waals surface area contributed by atoms with Crippen LogP contribution in [0.3, 0.4) is 0 Å². The molecule has 2 amide bonds. The van der Waals surface area contributed by atoms with Gasteiger partial charge in [-0.05, 0) is 0 Å². The molecule has 0 radical (unpaired) electrons. The number of ether oxygens (including phenoxy) is 1. The molecule has 1 aliphatic rings. The Labute approximate surface area is 125 Å². The number of hydrogen-bond donors (Lipinski definition) is 0. The smallest absolute Gasteiger partial charge is 0.238 e. The van der Waals surface area contributed by atoms with Gasteiger partial charge in [0.25, 0.3) is 0 Å². The highest BCUT2D eigenvalue weighted by Gasteiger charge is 2.26. The van der Waals surface area contributed by atoms with Crippen LogP contribution < -0.4 is 0 Å². The number of sulfonamides is 1. The number of hydrogen-bond acceptors (Lipinski definition) is 5. The predicted octanol–water partition coefficient (Wildman–Crippen LogP) is -1.41. The Morgan fingerprint density at radius 3 is 2.10 bits per heavy atom. The maximum absolute atomic E-state index is 12.2. The van der Waals surface area contributed by atoms with Crippen molar-refractivity contribution < 1.29 is 22.7 Å². The number of carbonyl (C=O) groups excluding carboxylic acids is 2. The second kappa shape index (κ2) is 7.71. The van der Waals surface area contributed by atoms with E-state index >= 15 is 0 Å².